The molecule has 0 saturated carbocycles. The van der Waals surface area contributed by atoms with Gasteiger partial charge in [-0.1, -0.05) is 18.2 Å². The number of nitrogens with zero attached hydrogens (tertiary/aromatic N) is 1. The largest absolute Gasteiger partial charge is 0.326 e. The van der Waals surface area contributed by atoms with E-state index < -0.39 is 0 Å². The molecular formula is C11H14N2. The van der Waals surface area contributed by atoms with Gasteiger partial charge < -0.3 is 5.43 Å². The Balaban J connectivity index is 2.64. The number of benzene rings is 1. The minimum absolute atomic E-state index is 0.944. The number of hydrogen-bond donors (Lipinski definition) is 1. The molecule has 0 unspecified atom stereocenters. The zero-order valence-corrected chi connectivity index (χ0v) is 8.04. The van der Waals surface area contributed by atoms with Crippen molar-refractivity contribution in [3.63, 3.8) is 0 Å². The van der Waals surface area contributed by atoms with Crippen molar-refractivity contribution in [3.8, 4) is 0 Å². The number of nitrogens with one attached hydrogen (secondary N) is 1. The van der Waals surface area contributed by atoms with Crippen LogP contribution in [0.15, 0.2) is 30.3 Å². The first kappa shape index (κ1) is 8.17. The highest BCUT2D eigenvalue weighted by molar-refractivity contribution is 5.81. The third kappa shape index (κ3) is 1.28. The molecule has 0 spiro atoms. The quantitative estimate of drug-likeness (QED) is 0.740. The molecule has 1 heterocycles. The van der Waals surface area contributed by atoms with E-state index in [1.807, 2.05) is 0 Å². The van der Waals surface area contributed by atoms with Crippen LogP contribution in [0.3, 0.4) is 0 Å². The van der Waals surface area contributed by atoms with E-state index in [2.05, 4.69) is 54.3 Å². The summed E-state index contributed by atoms with van der Waals surface area (Å²) in [6.45, 7) is 5.16. The minimum Gasteiger partial charge on any atom is -0.326 e. The number of fused-ring (bicyclic) bond motifs is 1. The van der Waals surface area contributed by atoms with Gasteiger partial charge in [-0.3, -0.25) is 4.68 Å². The van der Waals surface area contributed by atoms with Crippen LogP contribution >= 0.6 is 0 Å². The summed E-state index contributed by atoms with van der Waals surface area (Å²) in [6, 6.07) is 10.6. The summed E-state index contributed by atoms with van der Waals surface area (Å²) in [6.07, 6.45) is 0. The Morgan fingerprint density at radius 2 is 2.08 bits per heavy atom. The maximum absolute atomic E-state index is 3.32. The highest BCUT2D eigenvalue weighted by Gasteiger charge is 2.02. The zero-order valence-electron chi connectivity index (χ0n) is 8.04. The fourth-order valence-corrected chi connectivity index (χ4v) is 1.66. The molecule has 0 aliphatic heterocycles. The van der Waals surface area contributed by atoms with E-state index in [9.17, 15) is 0 Å². The second-order valence-corrected chi connectivity index (χ2v) is 3.19. The van der Waals surface area contributed by atoms with Gasteiger partial charge in [-0.05, 0) is 26.0 Å². The zero-order chi connectivity index (χ0) is 9.26. The van der Waals surface area contributed by atoms with E-state index >= 15 is 0 Å². The van der Waals surface area contributed by atoms with Gasteiger partial charge in [0.2, 0.25) is 0 Å². The lowest BCUT2D eigenvalue weighted by molar-refractivity contribution is 0.868. The fraction of sp³-hybridized carbons (Fsp3) is 0.273. The molecule has 0 aliphatic rings. The number of aromatic nitrogens is 1. The lowest BCUT2D eigenvalue weighted by atomic mass is 10.2. The van der Waals surface area contributed by atoms with Gasteiger partial charge in [-0.2, -0.15) is 0 Å². The minimum atomic E-state index is 0.944. The van der Waals surface area contributed by atoms with Crippen LogP contribution in [-0.4, -0.2) is 11.2 Å². The first-order valence-electron chi connectivity index (χ1n) is 4.64. The first-order chi connectivity index (χ1) is 6.33. The number of rotatable bonds is 2. The third-order valence-corrected chi connectivity index (χ3v) is 2.21. The van der Waals surface area contributed by atoms with E-state index in [4.69, 9.17) is 0 Å². The lowest BCUT2D eigenvalue weighted by Crippen LogP contribution is -2.14. The van der Waals surface area contributed by atoms with Crippen LogP contribution < -0.4 is 5.43 Å². The standard InChI is InChI=1S/C11H14N2/c1-3-12-13-9(2)8-10-6-4-5-7-11(10)13/h4-8,12H,3H2,1-2H3. The Morgan fingerprint density at radius 3 is 2.85 bits per heavy atom. The van der Waals surface area contributed by atoms with E-state index in [0.717, 1.165) is 6.54 Å². The average Bonchev–Trinajstić information content (AvgIpc) is 2.44. The van der Waals surface area contributed by atoms with Crippen molar-refractivity contribution < 1.29 is 0 Å². The molecule has 0 bridgehead atoms. The summed E-state index contributed by atoms with van der Waals surface area (Å²) >= 11 is 0. The van der Waals surface area contributed by atoms with Crippen molar-refractivity contribution in [1.82, 2.24) is 4.68 Å². The normalized spacial score (nSPS) is 10.6. The van der Waals surface area contributed by atoms with Crippen molar-refractivity contribution >= 4 is 10.9 Å². The Kier molecular flexibility index (Phi) is 1.97. The van der Waals surface area contributed by atoms with Gasteiger partial charge in [-0.25, -0.2) is 0 Å². The molecule has 0 saturated heterocycles. The van der Waals surface area contributed by atoms with Gasteiger partial charge in [0, 0.05) is 17.6 Å². The molecule has 1 aromatic heterocycles. The van der Waals surface area contributed by atoms with Crippen molar-refractivity contribution in [3.05, 3.63) is 36.0 Å². The van der Waals surface area contributed by atoms with E-state index in [0.29, 0.717) is 0 Å². The van der Waals surface area contributed by atoms with Crippen molar-refractivity contribution in [1.29, 1.82) is 0 Å². The molecule has 68 valence electrons. The molecule has 0 radical (unpaired) electrons. The van der Waals surface area contributed by atoms with Gasteiger partial charge in [-0.15, -0.1) is 0 Å². The van der Waals surface area contributed by atoms with Crippen LogP contribution in [0.5, 0.6) is 0 Å². The molecule has 13 heavy (non-hydrogen) atoms. The Morgan fingerprint density at radius 1 is 1.31 bits per heavy atom. The fourth-order valence-electron chi connectivity index (χ4n) is 1.66. The molecule has 1 aromatic carbocycles. The summed E-state index contributed by atoms with van der Waals surface area (Å²) in [5.74, 6) is 0. The molecule has 0 amide bonds. The Bertz CT molecular complexity index is 415. The van der Waals surface area contributed by atoms with Crippen LogP contribution in [0.1, 0.15) is 12.6 Å². The molecule has 0 aliphatic carbocycles. The number of hydrogen-bond acceptors (Lipinski definition) is 1. The van der Waals surface area contributed by atoms with Crippen molar-refractivity contribution in [2.45, 2.75) is 13.8 Å². The second-order valence-electron chi connectivity index (χ2n) is 3.19. The maximum Gasteiger partial charge on any atom is 0.0695 e. The summed E-state index contributed by atoms with van der Waals surface area (Å²) < 4.78 is 2.13. The summed E-state index contributed by atoms with van der Waals surface area (Å²) in [5.41, 5.74) is 5.82. The van der Waals surface area contributed by atoms with Gasteiger partial charge in [0.05, 0.1) is 5.52 Å². The van der Waals surface area contributed by atoms with Crippen LogP contribution in [0, 0.1) is 6.92 Å². The van der Waals surface area contributed by atoms with E-state index in [-0.39, 0.29) is 0 Å². The SMILES string of the molecule is CCNn1c(C)cc2ccccc21. The predicted molar refractivity (Wildman–Crippen MR) is 56.6 cm³/mol. The Labute approximate surface area is 78.1 Å². The topological polar surface area (TPSA) is 17.0 Å². The third-order valence-electron chi connectivity index (χ3n) is 2.21. The smallest absolute Gasteiger partial charge is 0.0695 e. The van der Waals surface area contributed by atoms with Crippen molar-refractivity contribution in [2.24, 2.45) is 0 Å². The molecule has 0 fully saturated rings. The number of para-hydroxylation sites is 1. The molecule has 1 N–H and O–H groups in total. The number of aryl methyl sites for hydroxylation is 1. The summed E-state index contributed by atoms with van der Waals surface area (Å²) in [5, 5.41) is 1.29. The monoisotopic (exact) mass is 174 g/mol. The van der Waals surface area contributed by atoms with E-state index in [1.165, 1.54) is 16.6 Å². The highest BCUT2D eigenvalue weighted by Crippen LogP contribution is 2.17. The van der Waals surface area contributed by atoms with Crippen LogP contribution in [0.4, 0.5) is 0 Å². The van der Waals surface area contributed by atoms with Crippen molar-refractivity contribution in [2.75, 3.05) is 12.0 Å². The van der Waals surface area contributed by atoms with Crippen LogP contribution in [-0.2, 0) is 0 Å². The molecule has 2 heteroatoms. The molecule has 2 rings (SSSR count). The van der Waals surface area contributed by atoms with Gasteiger partial charge in [0.1, 0.15) is 0 Å². The predicted octanol–water partition coefficient (Wildman–Crippen LogP) is 2.51. The lowest BCUT2D eigenvalue weighted by Gasteiger charge is -2.08. The molecule has 2 nitrogen and oxygen atoms in total. The van der Waals surface area contributed by atoms with Gasteiger partial charge >= 0.3 is 0 Å². The van der Waals surface area contributed by atoms with Gasteiger partial charge in [0.15, 0.2) is 0 Å². The average molecular weight is 174 g/mol. The molecule has 0 atom stereocenters. The summed E-state index contributed by atoms with van der Waals surface area (Å²) in [7, 11) is 0. The first-order valence-corrected chi connectivity index (χ1v) is 4.64. The van der Waals surface area contributed by atoms with Crippen LogP contribution in [0.2, 0.25) is 0 Å². The molecule has 2 aromatic rings. The highest BCUT2D eigenvalue weighted by atomic mass is 15.4. The van der Waals surface area contributed by atoms with Crippen LogP contribution in [0.25, 0.3) is 10.9 Å². The van der Waals surface area contributed by atoms with E-state index in [1.54, 1.807) is 0 Å². The summed E-state index contributed by atoms with van der Waals surface area (Å²) in [4.78, 5) is 0. The maximum atomic E-state index is 3.32. The second kappa shape index (κ2) is 3.13. The molecular weight excluding hydrogens is 160 g/mol. The van der Waals surface area contributed by atoms with Gasteiger partial charge in [0.25, 0.3) is 0 Å². The Hall–Kier alpha value is -1.44.